The Labute approximate surface area is 103 Å². The Morgan fingerprint density at radius 2 is 2.31 bits per heavy atom. The molecule has 16 heavy (non-hydrogen) atoms. The lowest BCUT2D eigenvalue weighted by Crippen LogP contribution is -2.21. The van der Waals surface area contributed by atoms with Crippen molar-refractivity contribution >= 4 is 21.8 Å². The van der Waals surface area contributed by atoms with Crippen molar-refractivity contribution in [1.29, 1.82) is 0 Å². The maximum Gasteiger partial charge on any atom is 0.255 e. The third-order valence-corrected chi connectivity index (χ3v) is 2.60. The molecule has 0 aliphatic rings. The topological polar surface area (TPSA) is 64.3 Å². The molecular formula is C11H15BrN2O2. The number of benzene rings is 1. The van der Waals surface area contributed by atoms with Gasteiger partial charge in [0.1, 0.15) is 5.75 Å². The van der Waals surface area contributed by atoms with Gasteiger partial charge < -0.3 is 15.8 Å². The maximum absolute atomic E-state index is 10.7. The zero-order valence-electron chi connectivity index (χ0n) is 9.13. The Morgan fingerprint density at radius 3 is 2.94 bits per heavy atom. The number of ether oxygens (including phenoxy) is 1. The van der Waals surface area contributed by atoms with Gasteiger partial charge >= 0.3 is 0 Å². The van der Waals surface area contributed by atoms with Crippen molar-refractivity contribution < 1.29 is 9.53 Å². The molecule has 0 aliphatic carbocycles. The third-order valence-electron chi connectivity index (χ3n) is 1.97. The van der Waals surface area contributed by atoms with Crippen LogP contribution in [-0.2, 0) is 11.3 Å². The second-order valence-corrected chi connectivity index (χ2v) is 4.12. The summed E-state index contributed by atoms with van der Waals surface area (Å²) >= 11 is 3.38. The molecule has 0 fully saturated rings. The molecule has 3 N–H and O–H groups in total. The molecule has 0 aliphatic heterocycles. The standard InChI is InChI=1S/C11H15BrN2O2/c1-2-14-6-8-4-3-5-9(12)11(8)16-7-10(13)15/h3-5,14H,2,6-7H2,1H3,(H2,13,15). The van der Waals surface area contributed by atoms with Crippen molar-refractivity contribution in [3.05, 3.63) is 28.2 Å². The highest BCUT2D eigenvalue weighted by Crippen LogP contribution is 2.28. The van der Waals surface area contributed by atoms with E-state index in [9.17, 15) is 4.79 Å². The van der Waals surface area contributed by atoms with Crippen molar-refractivity contribution in [1.82, 2.24) is 5.32 Å². The van der Waals surface area contributed by atoms with Gasteiger partial charge in [0, 0.05) is 12.1 Å². The molecular weight excluding hydrogens is 272 g/mol. The Morgan fingerprint density at radius 1 is 1.56 bits per heavy atom. The molecule has 0 unspecified atom stereocenters. The van der Waals surface area contributed by atoms with Crippen LogP contribution in [-0.4, -0.2) is 19.1 Å². The van der Waals surface area contributed by atoms with Gasteiger partial charge in [0.05, 0.1) is 4.47 Å². The van der Waals surface area contributed by atoms with E-state index in [1.165, 1.54) is 0 Å². The number of rotatable bonds is 6. The average molecular weight is 287 g/mol. The number of nitrogens with two attached hydrogens (primary N) is 1. The van der Waals surface area contributed by atoms with Crippen molar-refractivity contribution in [2.24, 2.45) is 5.73 Å². The number of hydrogen-bond acceptors (Lipinski definition) is 3. The van der Waals surface area contributed by atoms with Gasteiger partial charge in [0.15, 0.2) is 6.61 Å². The minimum absolute atomic E-state index is 0.109. The van der Waals surface area contributed by atoms with Gasteiger partial charge in [-0.2, -0.15) is 0 Å². The van der Waals surface area contributed by atoms with Crippen LogP contribution >= 0.6 is 15.9 Å². The van der Waals surface area contributed by atoms with Crippen molar-refractivity contribution in [3.63, 3.8) is 0 Å². The van der Waals surface area contributed by atoms with Gasteiger partial charge in [-0.25, -0.2) is 0 Å². The van der Waals surface area contributed by atoms with Crippen LogP contribution in [0.15, 0.2) is 22.7 Å². The predicted octanol–water partition coefficient (Wildman–Crippen LogP) is 1.42. The van der Waals surface area contributed by atoms with E-state index in [-0.39, 0.29) is 6.61 Å². The van der Waals surface area contributed by atoms with Crippen LogP contribution in [0.25, 0.3) is 0 Å². The summed E-state index contributed by atoms with van der Waals surface area (Å²) in [5, 5.41) is 3.20. The molecule has 1 aromatic carbocycles. The second-order valence-electron chi connectivity index (χ2n) is 3.26. The molecule has 1 aromatic rings. The Balaban J connectivity index is 2.80. The van der Waals surface area contributed by atoms with Gasteiger partial charge in [-0.05, 0) is 28.5 Å². The van der Waals surface area contributed by atoms with Crippen molar-refractivity contribution in [2.75, 3.05) is 13.2 Å². The number of halogens is 1. The van der Waals surface area contributed by atoms with Gasteiger partial charge in [-0.1, -0.05) is 19.1 Å². The highest BCUT2D eigenvalue weighted by atomic mass is 79.9. The molecule has 0 bridgehead atoms. The normalized spacial score (nSPS) is 10.1. The number of para-hydroxylation sites is 1. The number of carbonyl (C=O) groups excluding carboxylic acids is 1. The highest BCUT2D eigenvalue weighted by Gasteiger charge is 2.08. The highest BCUT2D eigenvalue weighted by molar-refractivity contribution is 9.10. The van der Waals surface area contributed by atoms with Crippen LogP contribution in [0.5, 0.6) is 5.75 Å². The lowest BCUT2D eigenvalue weighted by Gasteiger charge is -2.12. The van der Waals surface area contributed by atoms with E-state index in [2.05, 4.69) is 21.2 Å². The first-order valence-corrected chi connectivity index (χ1v) is 5.83. The van der Waals surface area contributed by atoms with E-state index in [1.54, 1.807) is 0 Å². The van der Waals surface area contributed by atoms with E-state index in [0.29, 0.717) is 12.3 Å². The first-order chi connectivity index (χ1) is 7.65. The zero-order valence-corrected chi connectivity index (χ0v) is 10.7. The monoisotopic (exact) mass is 286 g/mol. The van der Waals surface area contributed by atoms with E-state index in [0.717, 1.165) is 16.6 Å². The van der Waals surface area contributed by atoms with Gasteiger partial charge in [0.25, 0.3) is 5.91 Å². The van der Waals surface area contributed by atoms with Crippen LogP contribution < -0.4 is 15.8 Å². The molecule has 0 atom stereocenters. The van der Waals surface area contributed by atoms with Crippen molar-refractivity contribution in [3.8, 4) is 5.75 Å². The maximum atomic E-state index is 10.7. The lowest BCUT2D eigenvalue weighted by atomic mass is 10.2. The number of nitrogens with one attached hydrogen (secondary N) is 1. The number of carbonyl (C=O) groups is 1. The van der Waals surface area contributed by atoms with Gasteiger partial charge in [-0.3, -0.25) is 4.79 Å². The molecule has 0 saturated carbocycles. The fourth-order valence-electron chi connectivity index (χ4n) is 1.26. The summed E-state index contributed by atoms with van der Waals surface area (Å²) in [5.41, 5.74) is 6.04. The molecule has 0 saturated heterocycles. The fourth-order valence-corrected chi connectivity index (χ4v) is 1.78. The molecule has 4 nitrogen and oxygen atoms in total. The smallest absolute Gasteiger partial charge is 0.255 e. The van der Waals surface area contributed by atoms with Gasteiger partial charge in [0.2, 0.25) is 0 Å². The summed E-state index contributed by atoms with van der Waals surface area (Å²) in [7, 11) is 0. The summed E-state index contributed by atoms with van der Waals surface area (Å²) in [5.74, 6) is 0.187. The summed E-state index contributed by atoms with van der Waals surface area (Å²) in [6.07, 6.45) is 0. The number of hydrogen-bond donors (Lipinski definition) is 2. The molecule has 1 amide bonds. The molecule has 0 radical (unpaired) electrons. The van der Waals surface area contributed by atoms with Crippen LogP contribution in [0.2, 0.25) is 0 Å². The Kier molecular flexibility index (Phi) is 5.28. The van der Waals surface area contributed by atoms with E-state index >= 15 is 0 Å². The molecule has 5 heteroatoms. The van der Waals surface area contributed by atoms with Crippen LogP contribution in [0, 0.1) is 0 Å². The first kappa shape index (κ1) is 13.0. The summed E-state index contributed by atoms with van der Waals surface area (Å²) in [4.78, 5) is 10.7. The predicted molar refractivity (Wildman–Crippen MR) is 66.2 cm³/mol. The van der Waals surface area contributed by atoms with E-state index in [4.69, 9.17) is 10.5 Å². The largest absolute Gasteiger partial charge is 0.482 e. The summed E-state index contributed by atoms with van der Waals surface area (Å²) in [6.45, 7) is 3.50. The zero-order chi connectivity index (χ0) is 12.0. The molecule has 0 aromatic heterocycles. The number of amides is 1. The van der Waals surface area contributed by atoms with Crippen molar-refractivity contribution in [2.45, 2.75) is 13.5 Å². The van der Waals surface area contributed by atoms with Crippen LogP contribution in [0.3, 0.4) is 0 Å². The molecule has 88 valence electrons. The third kappa shape index (κ3) is 3.83. The fraction of sp³-hybridized carbons (Fsp3) is 0.364. The first-order valence-electron chi connectivity index (χ1n) is 5.04. The molecule has 0 heterocycles. The molecule has 0 spiro atoms. The van der Waals surface area contributed by atoms with E-state index in [1.807, 2.05) is 25.1 Å². The van der Waals surface area contributed by atoms with Crippen LogP contribution in [0.4, 0.5) is 0 Å². The quantitative estimate of drug-likeness (QED) is 0.831. The minimum atomic E-state index is -0.481. The summed E-state index contributed by atoms with van der Waals surface area (Å²) in [6, 6.07) is 5.74. The number of primary amides is 1. The second kappa shape index (κ2) is 6.50. The van der Waals surface area contributed by atoms with Crippen LogP contribution in [0.1, 0.15) is 12.5 Å². The van der Waals surface area contributed by atoms with Gasteiger partial charge in [-0.15, -0.1) is 0 Å². The minimum Gasteiger partial charge on any atom is -0.482 e. The summed E-state index contributed by atoms with van der Waals surface area (Å²) < 4.78 is 6.19. The molecule has 1 rings (SSSR count). The Bertz CT molecular complexity index is 369. The lowest BCUT2D eigenvalue weighted by molar-refractivity contribution is -0.119. The average Bonchev–Trinajstić information content (AvgIpc) is 2.24. The Hall–Kier alpha value is -1.07. The SMILES string of the molecule is CCNCc1cccc(Br)c1OCC(N)=O. The van der Waals surface area contributed by atoms with E-state index < -0.39 is 5.91 Å².